The highest BCUT2D eigenvalue weighted by Gasteiger charge is 2.48. The molecule has 2 aliphatic heterocycles. The number of carbonyl (C=O) groups excluding carboxylic acids is 3. The van der Waals surface area contributed by atoms with E-state index in [0.717, 1.165) is 63.2 Å². The molecule has 29 heavy (non-hydrogen) atoms. The van der Waals surface area contributed by atoms with Gasteiger partial charge in [-0.15, -0.1) is 0 Å². The molecule has 4 rings (SSSR count). The Morgan fingerprint density at radius 1 is 0.966 bits per heavy atom. The van der Waals surface area contributed by atoms with Crippen molar-refractivity contribution in [2.45, 2.75) is 51.1 Å². The molecular formula is C22H28ClN3O3. The quantitative estimate of drug-likeness (QED) is 0.747. The van der Waals surface area contributed by atoms with E-state index in [0.29, 0.717) is 0 Å². The van der Waals surface area contributed by atoms with E-state index >= 15 is 0 Å². The van der Waals surface area contributed by atoms with Gasteiger partial charge in [-0.2, -0.15) is 0 Å². The smallest absolute Gasteiger partial charge is 0.240 e. The summed E-state index contributed by atoms with van der Waals surface area (Å²) in [6.07, 6.45) is 5.28. The third kappa shape index (κ3) is 4.64. The monoisotopic (exact) mass is 417 g/mol. The molecule has 1 aliphatic carbocycles. The zero-order chi connectivity index (χ0) is 20.4. The Morgan fingerprint density at radius 3 is 2.14 bits per heavy atom. The molecule has 156 valence electrons. The van der Waals surface area contributed by atoms with E-state index in [4.69, 9.17) is 11.6 Å². The maximum absolute atomic E-state index is 12.5. The number of halogens is 1. The zero-order valence-corrected chi connectivity index (χ0v) is 17.4. The van der Waals surface area contributed by atoms with Gasteiger partial charge in [-0.25, -0.2) is 0 Å². The number of hydrogen-bond acceptors (Lipinski definition) is 4. The number of fused-ring (bicyclic) bond motifs is 1. The Kier molecular flexibility index (Phi) is 6.20. The van der Waals surface area contributed by atoms with E-state index in [1.54, 1.807) is 0 Å². The molecule has 0 radical (unpaired) electrons. The molecule has 0 bridgehead atoms. The number of nitrogens with zero attached hydrogens (tertiary/aromatic N) is 2. The Balaban J connectivity index is 1.23. The molecule has 2 atom stereocenters. The molecule has 6 nitrogen and oxygen atoms in total. The van der Waals surface area contributed by atoms with Gasteiger partial charge in [-0.3, -0.25) is 24.2 Å². The molecule has 0 spiro atoms. The van der Waals surface area contributed by atoms with Gasteiger partial charge in [0, 0.05) is 30.7 Å². The maximum Gasteiger partial charge on any atom is 0.240 e. The Hall–Kier alpha value is -1.92. The normalized spacial score (nSPS) is 25.9. The first-order valence-corrected chi connectivity index (χ1v) is 11.0. The molecule has 2 heterocycles. The molecule has 3 aliphatic rings. The summed E-state index contributed by atoms with van der Waals surface area (Å²) in [5.41, 5.74) is 1.23. The van der Waals surface area contributed by atoms with Gasteiger partial charge in [0.2, 0.25) is 17.7 Å². The number of benzene rings is 1. The minimum atomic E-state index is -0.221. The minimum absolute atomic E-state index is 0.0963. The van der Waals surface area contributed by atoms with Crippen molar-refractivity contribution in [3.63, 3.8) is 0 Å². The summed E-state index contributed by atoms with van der Waals surface area (Å²) in [5.74, 6) is -0.901. The molecule has 2 unspecified atom stereocenters. The van der Waals surface area contributed by atoms with Gasteiger partial charge in [-0.05, 0) is 43.4 Å². The van der Waals surface area contributed by atoms with E-state index in [-0.39, 0.29) is 42.1 Å². The predicted octanol–water partition coefficient (Wildman–Crippen LogP) is 2.60. The number of nitrogens with one attached hydrogen (secondary N) is 1. The van der Waals surface area contributed by atoms with Crippen LogP contribution in [0, 0.1) is 11.8 Å². The molecular weight excluding hydrogens is 390 g/mol. The highest BCUT2D eigenvalue weighted by molar-refractivity contribution is 6.30. The lowest BCUT2D eigenvalue weighted by atomic mass is 9.81. The van der Waals surface area contributed by atoms with Gasteiger partial charge >= 0.3 is 0 Å². The second-order valence-electron chi connectivity index (χ2n) is 8.50. The average molecular weight is 418 g/mol. The van der Waals surface area contributed by atoms with Gasteiger partial charge in [-0.1, -0.05) is 36.6 Å². The summed E-state index contributed by atoms with van der Waals surface area (Å²) in [5, 5.41) is 3.77. The van der Waals surface area contributed by atoms with E-state index in [1.807, 2.05) is 24.3 Å². The molecule has 1 N–H and O–H groups in total. The Bertz CT molecular complexity index is 750. The summed E-state index contributed by atoms with van der Waals surface area (Å²) in [4.78, 5) is 41.1. The lowest BCUT2D eigenvalue weighted by molar-refractivity contribution is -0.143. The first-order chi connectivity index (χ1) is 14.0. The fraction of sp³-hybridized carbons (Fsp3) is 0.591. The third-order valence-electron chi connectivity index (χ3n) is 6.51. The maximum atomic E-state index is 12.5. The van der Waals surface area contributed by atoms with Crippen molar-refractivity contribution >= 4 is 29.3 Å². The van der Waals surface area contributed by atoms with Gasteiger partial charge in [0.25, 0.3) is 0 Å². The van der Waals surface area contributed by atoms with E-state index in [9.17, 15) is 14.4 Å². The van der Waals surface area contributed by atoms with Crippen LogP contribution in [0.4, 0.5) is 0 Å². The van der Waals surface area contributed by atoms with Crippen LogP contribution in [0.3, 0.4) is 0 Å². The fourth-order valence-electron chi connectivity index (χ4n) is 4.89. The summed E-state index contributed by atoms with van der Waals surface area (Å²) in [6.45, 7) is 2.55. The highest BCUT2D eigenvalue weighted by Crippen LogP contribution is 2.37. The van der Waals surface area contributed by atoms with Crippen LogP contribution in [0.5, 0.6) is 0 Å². The zero-order valence-electron chi connectivity index (χ0n) is 16.6. The molecule has 0 aromatic heterocycles. The van der Waals surface area contributed by atoms with Crippen molar-refractivity contribution in [3.8, 4) is 0 Å². The second kappa shape index (κ2) is 8.84. The second-order valence-corrected chi connectivity index (χ2v) is 8.94. The number of hydrogen-bond donors (Lipinski definition) is 1. The van der Waals surface area contributed by atoms with Gasteiger partial charge in [0.05, 0.1) is 11.8 Å². The molecule has 1 aromatic carbocycles. The fourth-order valence-corrected chi connectivity index (χ4v) is 5.01. The SMILES string of the molecule is O=C(CN1C(=O)C2CCCCC2C1=O)NC1CCN(Cc2ccc(Cl)cc2)CC1. The number of amides is 3. The van der Waals surface area contributed by atoms with Crippen LogP contribution in [-0.2, 0) is 20.9 Å². The van der Waals surface area contributed by atoms with Gasteiger partial charge in [0.1, 0.15) is 6.54 Å². The summed E-state index contributed by atoms with van der Waals surface area (Å²) >= 11 is 5.94. The van der Waals surface area contributed by atoms with Crippen molar-refractivity contribution < 1.29 is 14.4 Å². The van der Waals surface area contributed by atoms with Crippen LogP contribution < -0.4 is 5.32 Å². The topological polar surface area (TPSA) is 69.7 Å². The highest BCUT2D eigenvalue weighted by atomic mass is 35.5. The Morgan fingerprint density at radius 2 is 1.55 bits per heavy atom. The summed E-state index contributed by atoms with van der Waals surface area (Å²) in [6, 6.07) is 7.98. The van der Waals surface area contributed by atoms with E-state index in [1.165, 1.54) is 10.5 Å². The molecule has 1 aromatic rings. The summed E-state index contributed by atoms with van der Waals surface area (Å²) in [7, 11) is 0. The van der Waals surface area contributed by atoms with Gasteiger partial charge in [0.15, 0.2) is 0 Å². The van der Waals surface area contributed by atoms with Crippen molar-refractivity contribution in [2.75, 3.05) is 19.6 Å². The van der Waals surface area contributed by atoms with Crippen molar-refractivity contribution in [3.05, 3.63) is 34.9 Å². The standard InChI is InChI=1S/C22H28ClN3O3/c23-16-7-5-15(6-8-16)13-25-11-9-17(10-12-25)24-20(27)14-26-21(28)18-3-1-2-4-19(18)22(26)29/h5-8,17-19H,1-4,9-14H2,(H,24,27). The van der Waals surface area contributed by atoms with Crippen LogP contribution in [0.2, 0.25) is 5.02 Å². The Labute approximate surface area is 176 Å². The predicted molar refractivity (Wildman–Crippen MR) is 110 cm³/mol. The molecule has 1 saturated carbocycles. The molecule has 7 heteroatoms. The lowest BCUT2D eigenvalue weighted by Gasteiger charge is -2.32. The minimum Gasteiger partial charge on any atom is -0.352 e. The van der Waals surface area contributed by atoms with E-state index < -0.39 is 0 Å². The van der Waals surface area contributed by atoms with Crippen molar-refractivity contribution in [2.24, 2.45) is 11.8 Å². The molecule has 3 amide bonds. The number of likely N-dealkylation sites (tertiary alicyclic amines) is 2. The third-order valence-corrected chi connectivity index (χ3v) is 6.76. The number of piperidine rings is 1. The van der Waals surface area contributed by atoms with Crippen LogP contribution >= 0.6 is 11.6 Å². The first kappa shape index (κ1) is 20.4. The van der Waals surface area contributed by atoms with Crippen LogP contribution in [0.1, 0.15) is 44.1 Å². The first-order valence-electron chi connectivity index (χ1n) is 10.6. The lowest BCUT2D eigenvalue weighted by Crippen LogP contribution is -2.48. The number of imide groups is 1. The summed E-state index contributed by atoms with van der Waals surface area (Å²) < 4.78 is 0. The van der Waals surface area contributed by atoms with Crippen molar-refractivity contribution in [1.82, 2.24) is 15.1 Å². The van der Waals surface area contributed by atoms with Crippen LogP contribution in [0.25, 0.3) is 0 Å². The van der Waals surface area contributed by atoms with E-state index in [2.05, 4.69) is 10.2 Å². The van der Waals surface area contributed by atoms with Crippen molar-refractivity contribution in [1.29, 1.82) is 0 Å². The number of carbonyl (C=O) groups is 3. The average Bonchev–Trinajstić information content (AvgIpc) is 2.96. The van der Waals surface area contributed by atoms with Crippen LogP contribution in [-0.4, -0.2) is 53.2 Å². The van der Waals surface area contributed by atoms with Crippen LogP contribution in [0.15, 0.2) is 24.3 Å². The number of rotatable bonds is 5. The molecule has 3 fully saturated rings. The largest absolute Gasteiger partial charge is 0.352 e. The van der Waals surface area contributed by atoms with Gasteiger partial charge < -0.3 is 5.32 Å². The molecule has 2 saturated heterocycles.